The third kappa shape index (κ3) is 5.34. The van der Waals surface area contributed by atoms with Crippen LogP contribution in [-0.2, 0) is 20.8 Å². The summed E-state index contributed by atoms with van der Waals surface area (Å²) in [5, 5.41) is 0. The van der Waals surface area contributed by atoms with Crippen LogP contribution in [0.3, 0.4) is 0 Å². The second-order valence-corrected chi connectivity index (χ2v) is 11.3. The number of Topliss-reactive ketones (excluding diaryl/α,β-unsaturated/α-hetero) is 1. The molecule has 6 heteroatoms. The number of nitrogens with zero attached hydrogens (tertiary/aromatic N) is 2. The Morgan fingerprint density at radius 2 is 1.78 bits per heavy atom. The number of carbonyl (C=O) groups excluding carboxylic acids is 2. The number of rotatable bonds is 5. The fourth-order valence-corrected chi connectivity index (χ4v) is 4.95. The maximum atomic E-state index is 13.6. The van der Waals surface area contributed by atoms with Gasteiger partial charge in [0.25, 0.3) is 0 Å². The summed E-state index contributed by atoms with van der Waals surface area (Å²) in [6.07, 6.45) is 1.62. The van der Waals surface area contributed by atoms with E-state index in [1.165, 1.54) is 5.56 Å². The molecule has 32 heavy (non-hydrogen) atoms. The van der Waals surface area contributed by atoms with Crippen molar-refractivity contribution < 1.29 is 19.1 Å². The van der Waals surface area contributed by atoms with Crippen LogP contribution in [0.15, 0.2) is 30.3 Å². The van der Waals surface area contributed by atoms with Crippen LogP contribution in [0, 0.1) is 5.41 Å². The number of ketones is 1. The molecule has 0 aliphatic carbocycles. The smallest absolute Gasteiger partial charge is 0.413 e. The van der Waals surface area contributed by atoms with Gasteiger partial charge in [0, 0.05) is 12.0 Å². The van der Waals surface area contributed by atoms with Crippen LogP contribution in [-0.4, -0.2) is 58.2 Å². The average molecular weight is 445 g/mol. The number of benzene rings is 1. The van der Waals surface area contributed by atoms with Crippen LogP contribution < -0.4 is 0 Å². The highest BCUT2D eigenvalue weighted by molar-refractivity contribution is 5.90. The summed E-state index contributed by atoms with van der Waals surface area (Å²) in [5.74, 6) is -0.0356. The number of hydrogen-bond donors (Lipinski definition) is 0. The van der Waals surface area contributed by atoms with Crippen molar-refractivity contribution in [2.24, 2.45) is 5.41 Å². The highest BCUT2D eigenvalue weighted by Crippen LogP contribution is 2.36. The summed E-state index contributed by atoms with van der Waals surface area (Å²) in [4.78, 5) is 31.0. The Kier molecular flexibility index (Phi) is 7.06. The van der Waals surface area contributed by atoms with Gasteiger partial charge in [0.05, 0.1) is 18.2 Å². The number of carbonyl (C=O) groups is 2. The van der Waals surface area contributed by atoms with Gasteiger partial charge in [-0.2, -0.15) is 0 Å². The molecule has 1 aromatic rings. The lowest BCUT2D eigenvalue weighted by molar-refractivity contribution is -0.143. The number of amides is 1. The van der Waals surface area contributed by atoms with Gasteiger partial charge in [0.1, 0.15) is 5.72 Å². The summed E-state index contributed by atoms with van der Waals surface area (Å²) in [6.45, 7) is 15.4. The molecule has 2 aliphatic heterocycles. The quantitative estimate of drug-likeness (QED) is 0.639. The second kappa shape index (κ2) is 9.14. The van der Waals surface area contributed by atoms with Gasteiger partial charge in [0.2, 0.25) is 0 Å². The number of likely N-dealkylation sites (tertiary alicyclic amines) is 1. The molecule has 0 unspecified atom stereocenters. The van der Waals surface area contributed by atoms with E-state index in [2.05, 4.69) is 17.0 Å². The van der Waals surface area contributed by atoms with E-state index in [0.717, 1.165) is 32.4 Å². The van der Waals surface area contributed by atoms with Crippen LogP contribution in [0.2, 0.25) is 0 Å². The van der Waals surface area contributed by atoms with Gasteiger partial charge in [-0.05, 0) is 52.6 Å². The first kappa shape index (κ1) is 24.7. The molecule has 3 rings (SSSR count). The van der Waals surface area contributed by atoms with Crippen molar-refractivity contribution in [3.8, 4) is 0 Å². The third-order valence-corrected chi connectivity index (χ3v) is 6.57. The van der Waals surface area contributed by atoms with Crippen LogP contribution in [0.4, 0.5) is 4.79 Å². The molecule has 0 saturated carbocycles. The van der Waals surface area contributed by atoms with E-state index >= 15 is 0 Å². The largest absolute Gasteiger partial charge is 0.436 e. The second-order valence-electron chi connectivity index (χ2n) is 11.3. The monoisotopic (exact) mass is 444 g/mol. The predicted molar refractivity (Wildman–Crippen MR) is 125 cm³/mol. The highest BCUT2D eigenvalue weighted by Gasteiger charge is 2.51. The molecule has 6 nitrogen and oxygen atoms in total. The predicted octanol–water partition coefficient (Wildman–Crippen LogP) is 5.01. The SMILES string of the molecule is CC(C)(C)C(=O)[C@@H](OC(=O)N1C(C)(C)COC1(C)C)[C@@H]1CCCCN1Cc1ccccc1. The molecule has 0 radical (unpaired) electrons. The van der Waals surface area contributed by atoms with E-state index in [1.807, 2.05) is 66.7 Å². The Morgan fingerprint density at radius 1 is 1.12 bits per heavy atom. The van der Waals surface area contributed by atoms with Crippen LogP contribution in [0.25, 0.3) is 0 Å². The average Bonchev–Trinajstić information content (AvgIpc) is 2.93. The molecule has 0 bridgehead atoms. The van der Waals surface area contributed by atoms with Crippen molar-refractivity contribution in [3.05, 3.63) is 35.9 Å². The van der Waals surface area contributed by atoms with E-state index in [9.17, 15) is 9.59 Å². The van der Waals surface area contributed by atoms with Crippen molar-refractivity contribution >= 4 is 11.9 Å². The Hall–Kier alpha value is -1.92. The van der Waals surface area contributed by atoms with Gasteiger partial charge in [-0.25, -0.2) is 4.79 Å². The van der Waals surface area contributed by atoms with Crippen molar-refractivity contribution in [1.29, 1.82) is 0 Å². The Bertz CT molecular complexity index is 797. The van der Waals surface area contributed by atoms with Crippen LogP contribution in [0.5, 0.6) is 0 Å². The van der Waals surface area contributed by atoms with E-state index < -0.39 is 28.9 Å². The highest BCUT2D eigenvalue weighted by atomic mass is 16.6. The molecular weight excluding hydrogens is 404 g/mol. The van der Waals surface area contributed by atoms with Crippen LogP contribution in [0.1, 0.15) is 73.3 Å². The Labute approximate surface area is 193 Å². The Morgan fingerprint density at radius 3 is 2.34 bits per heavy atom. The van der Waals surface area contributed by atoms with Gasteiger partial charge in [-0.3, -0.25) is 14.6 Å². The van der Waals surface area contributed by atoms with Crippen molar-refractivity contribution in [1.82, 2.24) is 9.80 Å². The number of piperidine rings is 1. The third-order valence-electron chi connectivity index (χ3n) is 6.57. The van der Waals surface area contributed by atoms with Crippen molar-refractivity contribution in [3.63, 3.8) is 0 Å². The van der Waals surface area contributed by atoms with Gasteiger partial charge < -0.3 is 9.47 Å². The van der Waals surface area contributed by atoms with Gasteiger partial charge in [-0.1, -0.05) is 57.5 Å². The van der Waals surface area contributed by atoms with Crippen LogP contribution >= 0.6 is 0 Å². The zero-order chi connectivity index (χ0) is 23.7. The summed E-state index contributed by atoms with van der Waals surface area (Å²) >= 11 is 0. The summed E-state index contributed by atoms with van der Waals surface area (Å²) < 4.78 is 12.0. The molecule has 178 valence electrons. The zero-order valence-corrected chi connectivity index (χ0v) is 20.8. The first-order chi connectivity index (χ1) is 14.8. The molecule has 2 aliphatic rings. The van der Waals surface area contributed by atoms with Crippen molar-refractivity contribution in [2.45, 2.75) is 97.7 Å². The molecule has 2 saturated heterocycles. The molecule has 2 heterocycles. The molecular formula is C26H40N2O4. The standard InChI is InChI=1S/C26H40N2O4/c1-24(2,3)22(29)21(32-23(30)28-25(4,5)18-31-26(28,6)7)20-15-11-12-16-27(20)17-19-13-9-8-10-14-19/h8-10,13-14,20-21H,11-12,15-18H2,1-7H3/t20-,21-/m0/s1. The fourth-order valence-electron chi connectivity index (χ4n) is 4.95. The molecule has 2 fully saturated rings. The Balaban J connectivity index is 1.89. The maximum absolute atomic E-state index is 13.6. The molecule has 1 amide bonds. The minimum Gasteiger partial charge on any atom is -0.436 e. The summed E-state index contributed by atoms with van der Waals surface area (Å²) in [6, 6.07) is 10.1. The first-order valence-electron chi connectivity index (χ1n) is 11.8. The molecule has 0 N–H and O–H groups in total. The normalized spacial score (nSPS) is 24.2. The minimum absolute atomic E-state index is 0.0356. The molecule has 0 aromatic heterocycles. The lowest BCUT2D eigenvalue weighted by Crippen LogP contribution is -2.58. The van der Waals surface area contributed by atoms with Gasteiger partial charge in [0.15, 0.2) is 11.9 Å². The lowest BCUT2D eigenvalue weighted by atomic mass is 9.82. The summed E-state index contributed by atoms with van der Waals surface area (Å²) in [7, 11) is 0. The summed E-state index contributed by atoms with van der Waals surface area (Å²) in [5.41, 5.74) is -0.714. The molecule has 1 aromatic carbocycles. The number of ether oxygens (including phenoxy) is 2. The van der Waals surface area contributed by atoms with E-state index in [0.29, 0.717) is 6.61 Å². The molecule has 2 atom stereocenters. The first-order valence-corrected chi connectivity index (χ1v) is 11.8. The zero-order valence-electron chi connectivity index (χ0n) is 20.8. The van der Waals surface area contributed by atoms with E-state index in [1.54, 1.807) is 4.90 Å². The van der Waals surface area contributed by atoms with Gasteiger partial charge >= 0.3 is 6.09 Å². The van der Waals surface area contributed by atoms with E-state index in [4.69, 9.17) is 9.47 Å². The van der Waals surface area contributed by atoms with E-state index in [-0.39, 0.29) is 11.8 Å². The van der Waals surface area contributed by atoms with Gasteiger partial charge in [-0.15, -0.1) is 0 Å². The topological polar surface area (TPSA) is 59.1 Å². The molecule has 0 spiro atoms. The fraction of sp³-hybridized carbons (Fsp3) is 0.692. The minimum atomic E-state index is -0.821. The number of hydrogen-bond acceptors (Lipinski definition) is 5. The van der Waals surface area contributed by atoms with Crippen molar-refractivity contribution in [2.75, 3.05) is 13.2 Å². The lowest BCUT2D eigenvalue weighted by Gasteiger charge is -2.43. The maximum Gasteiger partial charge on any atom is 0.413 e.